The highest BCUT2D eigenvalue weighted by molar-refractivity contribution is 7.22. The first kappa shape index (κ1) is 25.2. The third-order valence-corrected chi connectivity index (χ3v) is 8.27. The summed E-state index contributed by atoms with van der Waals surface area (Å²) in [4.78, 5) is 33.0. The molecule has 8 heteroatoms. The van der Waals surface area contributed by atoms with E-state index in [0.29, 0.717) is 27.8 Å². The fraction of sp³-hybridized carbons (Fsp3) is 0.258. The van der Waals surface area contributed by atoms with Crippen molar-refractivity contribution in [3.63, 3.8) is 0 Å². The van der Waals surface area contributed by atoms with Crippen molar-refractivity contribution in [2.24, 2.45) is 0 Å². The largest absolute Gasteiger partial charge is 0.507 e. The van der Waals surface area contributed by atoms with Crippen LogP contribution in [0.25, 0.3) is 16.0 Å². The van der Waals surface area contributed by atoms with E-state index in [0.717, 1.165) is 28.2 Å². The van der Waals surface area contributed by atoms with Crippen LogP contribution in [-0.2, 0) is 21.4 Å². The summed E-state index contributed by atoms with van der Waals surface area (Å²) in [5.74, 6) is -1.51. The van der Waals surface area contributed by atoms with E-state index in [-0.39, 0.29) is 28.0 Å². The minimum atomic E-state index is -0.909. The number of nitrogens with zero attached hydrogens (tertiary/aromatic N) is 2. The summed E-state index contributed by atoms with van der Waals surface area (Å²) in [6.45, 7) is 8.28. The van der Waals surface area contributed by atoms with E-state index in [1.54, 1.807) is 18.2 Å². The fourth-order valence-corrected chi connectivity index (χ4v) is 6.24. The number of ketones is 1. The van der Waals surface area contributed by atoms with Crippen LogP contribution < -0.4 is 9.64 Å². The van der Waals surface area contributed by atoms with Gasteiger partial charge in [-0.05, 0) is 65.4 Å². The lowest BCUT2D eigenvalue weighted by Gasteiger charge is -2.24. The number of aliphatic hydroxyl groups is 1. The van der Waals surface area contributed by atoms with E-state index in [2.05, 4.69) is 25.8 Å². The minimum Gasteiger partial charge on any atom is -0.507 e. The Bertz CT molecular complexity index is 1680. The maximum Gasteiger partial charge on any atom is 0.301 e. The molecule has 6 rings (SSSR count). The number of anilines is 1. The van der Waals surface area contributed by atoms with Gasteiger partial charge in [0.05, 0.1) is 21.8 Å². The predicted molar refractivity (Wildman–Crippen MR) is 150 cm³/mol. The highest BCUT2D eigenvalue weighted by Crippen LogP contribution is 2.45. The summed E-state index contributed by atoms with van der Waals surface area (Å²) in [6.07, 6.45) is 0.707. The monoisotopic (exact) mass is 542 g/mol. The van der Waals surface area contributed by atoms with Gasteiger partial charge in [-0.1, -0.05) is 56.4 Å². The lowest BCUT2D eigenvalue weighted by Crippen LogP contribution is -2.29. The Morgan fingerprint density at radius 2 is 1.82 bits per heavy atom. The van der Waals surface area contributed by atoms with Gasteiger partial charge in [0.15, 0.2) is 5.13 Å². The molecule has 39 heavy (non-hydrogen) atoms. The third-order valence-electron chi connectivity index (χ3n) is 7.25. The predicted octanol–water partition coefficient (Wildman–Crippen LogP) is 6.68. The maximum atomic E-state index is 13.9. The molecule has 0 aliphatic carbocycles. The smallest absolute Gasteiger partial charge is 0.301 e. The Morgan fingerprint density at radius 3 is 2.54 bits per heavy atom. The van der Waals surface area contributed by atoms with Crippen molar-refractivity contribution >= 4 is 44.1 Å². The molecule has 3 aromatic carbocycles. The molecule has 2 unspecified atom stereocenters. The molecule has 1 N–H and O–H groups in total. The van der Waals surface area contributed by atoms with Crippen LogP contribution >= 0.6 is 11.3 Å². The van der Waals surface area contributed by atoms with E-state index in [4.69, 9.17) is 4.74 Å². The van der Waals surface area contributed by atoms with Gasteiger partial charge < -0.3 is 9.84 Å². The van der Waals surface area contributed by atoms with Crippen molar-refractivity contribution in [3.8, 4) is 5.75 Å². The van der Waals surface area contributed by atoms with Gasteiger partial charge in [-0.15, -0.1) is 0 Å². The molecule has 0 saturated carbocycles. The number of carbonyl (C=O) groups is 2. The molecule has 3 heterocycles. The SMILES string of the molecule is CC1Cc2cc(/C(O)=C3/C(=O)C(=O)N(c4nc5ccc(F)cc5s4)C3c3ccc(C(C)(C)C)cc3)ccc2O1. The summed E-state index contributed by atoms with van der Waals surface area (Å²) < 4.78 is 20.2. The number of Topliss-reactive ketones (excluding diaryl/α,β-unsaturated/α-hetero) is 1. The molecule has 0 bridgehead atoms. The van der Waals surface area contributed by atoms with Crippen LogP contribution in [0.15, 0.2) is 66.2 Å². The quantitative estimate of drug-likeness (QED) is 0.177. The molecule has 0 radical (unpaired) electrons. The van der Waals surface area contributed by atoms with Gasteiger partial charge >= 0.3 is 5.91 Å². The second-order valence-corrected chi connectivity index (χ2v) is 12.1. The second kappa shape index (κ2) is 9.02. The number of hydrogen-bond acceptors (Lipinski definition) is 6. The highest BCUT2D eigenvalue weighted by Gasteiger charge is 2.48. The Labute approximate surface area is 229 Å². The van der Waals surface area contributed by atoms with Crippen molar-refractivity contribution in [3.05, 3.63) is 94.3 Å². The molecular formula is C31H27FN2O4S. The number of ether oxygens (including phenoxy) is 1. The third kappa shape index (κ3) is 4.29. The first-order chi connectivity index (χ1) is 18.5. The fourth-order valence-electron chi connectivity index (χ4n) is 5.22. The second-order valence-electron chi connectivity index (χ2n) is 11.1. The summed E-state index contributed by atoms with van der Waals surface area (Å²) in [5, 5.41) is 11.8. The van der Waals surface area contributed by atoms with Gasteiger partial charge in [0.25, 0.3) is 5.78 Å². The molecule has 4 aromatic rings. The summed E-state index contributed by atoms with van der Waals surface area (Å²) in [7, 11) is 0. The van der Waals surface area contributed by atoms with Crippen LogP contribution in [-0.4, -0.2) is 27.9 Å². The normalized spacial score (nSPS) is 20.5. The van der Waals surface area contributed by atoms with Gasteiger partial charge in [0, 0.05) is 12.0 Å². The van der Waals surface area contributed by atoms with Crippen LogP contribution in [0.1, 0.15) is 56.0 Å². The Morgan fingerprint density at radius 1 is 1.08 bits per heavy atom. The zero-order valence-electron chi connectivity index (χ0n) is 22.0. The number of hydrogen-bond donors (Lipinski definition) is 1. The molecule has 2 aliphatic heterocycles. The van der Waals surface area contributed by atoms with Crippen LogP contribution in [0.5, 0.6) is 5.75 Å². The molecule has 0 spiro atoms. The number of thiazole rings is 1. The molecule has 1 amide bonds. The minimum absolute atomic E-state index is 0.0131. The topological polar surface area (TPSA) is 79.7 Å². The number of aromatic nitrogens is 1. The van der Waals surface area contributed by atoms with Gasteiger partial charge in [0.1, 0.15) is 23.4 Å². The lowest BCUT2D eigenvalue weighted by atomic mass is 9.85. The first-order valence-electron chi connectivity index (χ1n) is 12.8. The number of aliphatic hydroxyl groups excluding tert-OH is 1. The summed E-state index contributed by atoms with van der Waals surface area (Å²) in [5.41, 5.74) is 3.53. The van der Waals surface area contributed by atoms with Gasteiger partial charge in [-0.2, -0.15) is 0 Å². The molecule has 1 saturated heterocycles. The molecule has 2 atom stereocenters. The number of amides is 1. The standard InChI is InChI=1S/C31H27FN2O4S/c1-16-13-19-14-18(7-12-23(19)38-16)27(35)25-26(17-5-8-20(9-6-17)31(2,3)4)34(29(37)28(25)36)30-33-22-11-10-21(32)15-24(22)39-30/h5-12,14-16,26,35H,13H2,1-4H3/b27-25-. The van der Waals surface area contributed by atoms with Gasteiger partial charge in [-0.25, -0.2) is 9.37 Å². The van der Waals surface area contributed by atoms with Crippen LogP contribution in [0.2, 0.25) is 0 Å². The number of fused-ring (bicyclic) bond motifs is 2. The molecule has 2 aliphatic rings. The van der Waals surface area contributed by atoms with E-state index in [9.17, 15) is 19.1 Å². The zero-order chi connectivity index (χ0) is 27.6. The van der Waals surface area contributed by atoms with E-state index in [1.807, 2.05) is 37.3 Å². The Hall–Kier alpha value is -4.04. The number of halogens is 1. The number of rotatable bonds is 3. The molecule has 1 fully saturated rings. The highest BCUT2D eigenvalue weighted by atomic mass is 32.1. The van der Waals surface area contributed by atoms with Crippen molar-refractivity contribution in [1.29, 1.82) is 0 Å². The lowest BCUT2D eigenvalue weighted by molar-refractivity contribution is -0.132. The average Bonchev–Trinajstić information content (AvgIpc) is 3.55. The maximum absolute atomic E-state index is 13.9. The first-order valence-corrected chi connectivity index (χ1v) is 13.6. The van der Waals surface area contributed by atoms with Crippen molar-refractivity contribution < 1.29 is 23.8 Å². The van der Waals surface area contributed by atoms with Crippen molar-refractivity contribution in [2.45, 2.75) is 51.7 Å². The van der Waals surface area contributed by atoms with E-state index < -0.39 is 23.5 Å². The molecule has 1 aromatic heterocycles. The van der Waals surface area contributed by atoms with Crippen molar-refractivity contribution in [1.82, 2.24) is 4.98 Å². The zero-order valence-corrected chi connectivity index (χ0v) is 22.8. The molecule has 198 valence electrons. The summed E-state index contributed by atoms with van der Waals surface area (Å²) in [6, 6.07) is 16.3. The van der Waals surface area contributed by atoms with E-state index >= 15 is 0 Å². The number of carbonyl (C=O) groups excluding carboxylic acids is 2. The Balaban J connectivity index is 1.53. The summed E-state index contributed by atoms with van der Waals surface area (Å²) >= 11 is 1.13. The van der Waals surface area contributed by atoms with Crippen LogP contribution in [0.3, 0.4) is 0 Å². The van der Waals surface area contributed by atoms with Gasteiger partial charge in [0.2, 0.25) is 0 Å². The van der Waals surface area contributed by atoms with Crippen LogP contribution in [0, 0.1) is 5.82 Å². The van der Waals surface area contributed by atoms with E-state index in [1.165, 1.54) is 17.0 Å². The number of benzene rings is 3. The van der Waals surface area contributed by atoms with Gasteiger partial charge in [-0.3, -0.25) is 14.5 Å². The van der Waals surface area contributed by atoms with Crippen molar-refractivity contribution in [2.75, 3.05) is 4.90 Å². The van der Waals surface area contributed by atoms with Crippen LogP contribution in [0.4, 0.5) is 9.52 Å². The molecular weight excluding hydrogens is 515 g/mol. The Kier molecular flexibility index (Phi) is 5.84. The average molecular weight is 543 g/mol. The molecule has 6 nitrogen and oxygen atoms in total.